The van der Waals surface area contributed by atoms with E-state index in [9.17, 15) is 15.0 Å². The molecule has 5 atom stereocenters. The van der Waals surface area contributed by atoms with E-state index in [0.29, 0.717) is 30.1 Å². The number of carbonyl (C=O) groups is 1. The second-order valence-electron chi connectivity index (χ2n) is 12.5. The molecule has 2 aliphatic carbocycles. The summed E-state index contributed by atoms with van der Waals surface area (Å²) in [5.74, 6) is 1.48. The highest BCUT2D eigenvalue weighted by atomic mass is 16.3. The molecule has 2 aliphatic rings. The fourth-order valence-electron chi connectivity index (χ4n) is 6.81. The van der Waals surface area contributed by atoms with Crippen LogP contribution in [0.2, 0.25) is 0 Å². The molecule has 3 heteroatoms. The second kappa shape index (κ2) is 11.7. The zero-order valence-electron chi connectivity index (χ0n) is 23.3. The van der Waals surface area contributed by atoms with E-state index in [1.54, 1.807) is 5.57 Å². The highest BCUT2D eigenvalue weighted by Gasteiger charge is 2.52. The number of carbonyl (C=O) groups excluding carboxylic acids is 1. The van der Waals surface area contributed by atoms with Crippen molar-refractivity contribution >= 4 is 6.29 Å². The van der Waals surface area contributed by atoms with Crippen LogP contribution in [-0.2, 0) is 4.79 Å². The SMILES string of the molecule is CC1=CC[C@H](C)C(C)(C)[C@@H]1CC/C(C)=C/CC[C@@]1(C)[C@H](CCCO)/C(=C(\C)C=O)CC[C@]1(C)O. The minimum atomic E-state index is -0.786. The summed E-state index contributed by atoms with van der Waals surface area (Å²) in [5, 5.41) is 21.0. The van der Waals surface area contributed by atoms with Crippen molar-refractivity contribution < 1.29 is 15.0 Å². The lowest BCUT2D eigenvalue weighted by Crippen LogP contribution is -2.52. The fourth-order valence-corrected chi connectivity index (χ4v) is 6.81. The van der Waals surface area contributed by atoms with E-state index in [-0.39, 0.29) is 17.9 Å². The van der Waals surface area contributed by atoms with Crippen LogP contribution in [0.4, 0.5) is 0 Å². The highest BCUT2D eigenvalue weighted by Crippen LogP contribution is 2.55. The van der Waals surface area contributed by atoms with Crippen LogP contribution in [0.5, 0.6) is 0 Å². The first-order valence-electron chi connectivity index (χ1n) is 13.6. The van der Waals surface area contributed by atoms with Crippen molar-refractivity contribution in [2.24, 2.45) is 28.6 Å². The zero-order chi connectivity index (χ0) is 25.7. The lowest BCUT2D eigenvalue weighted by molar-refractivity contribution is -0.115. The lowest BCUT2D eigenvalue weighted by atomic mass is 9.54. The Morgan fingerprint density at radius 3 is 2.44 bits per heavy atom. The summed E-state index contributed by atoms with van der Waals surface area (Å²) < 4.78 is 0. The van der Waals surface area contributed by atoms with Crippen LogP contribution < -0.4 is 0 Å². The van der Waals surface area contributed by atoms with Crippen molar-refractivity contribution in [2.75, 3.05) is 6.61 Å². The molecule has 0 aromatic heterocycles. The highest BCUT2D eigenvalue weighted by molar-refractivity contribution is 5.74. The molecule has 0 aromatic rings. The summed E-state index contributed by atoms with van der Waals surface area (Å²) in [4.78, 5) is 11.6. The molecule has 0 amide bonds. The molecule has 1 saturated carbocycles. The molecule has 0 radical (unpaired) electrons. The molecular weight excluding hydrogens is 420 g/mol. The van der Waals surface area contributed by atoms with Crippen molar-refractivity contribution in [2.45, 2.75) is 119 Å². The maximum Gasteiger partial charge on any atom is 0.145 e. The summed E-state index contributed by atoms with van der Waals surface area (Å²) in [7, 11) is 0. The van der Waals surface area contributed by atoms with Gasteiger partial charge in [-0.25, -0.2) is 0 Å². The van der Waals surface area contributed by atoms with Crippen LogP contribution in [0, 0.1) is 28.6 Å². The number of aliphatic hydroxyl groups excluding tert-OH is 1. The molecule has 0 saturated heterocycles. The predicted molar refractivity (Wildman–Crippen MR) is 144 cm³/mol. The molecule has 0 spiro atoms. The molecule has 0 heterocycles. The second-order valence-corrected chi connectivity index (χ2v) is 12.5. The number of allylic oxidation sites excluding steroid dienone is 6. The summed E-state index contributed by atoms with van der Waals surface area (Å²) in [6.07, 6.45) is 14.1. The van der Waals surface area contributed by atoms with Gasteiger partial charge in [0.15, 0.2) is 0 Å². The Hall–Kier alpha value is -1.19. The normalized spacial score (nSPS) is 35.6. The minimum Gasteiger partial charge on any atom is -0.396 e. The van der Waals surface area contributed by atoms with E-state index in [0.717, 1.165) is 44.0 Å². The van der Waals surface area contributed by atoms with Gasteiger partial charge in [-0.05, 0) is 114 Å². The van der Waals surface area contributed by atoms with Gasteiger partial charge >= 0.3 is 0 Å². The molecule has 2 rings (SSSR count). The first-order valence-corrected chi connectivity index (χ1v) is 13.6. The number of rotatable bonds is 10. The quantitative estimate of drug-likeness (QED) is 0.196. The summed E-state index contributed by atoms with van der Waals surface area (Å²) in [6.45, 7) is 18.0. The van der Waals surface area contributed by atoms with E-state index >= 15 is 0 Å². The third-order valence-corrected chi connectivity index (χ3v) is 10.1. The molecule has 0 bridgehead atoms. The molecule has 2 N–H and O–H groups in total. The first-order chi connectivity index (χ1) is 15.8. The molecule has 3 nitrogen and oxygen atoms in total. The maximum absolute atomic E-state index is 11.6. The Labute approximate surface area is 209 Å². The zero-order valence-corrected chi connectivity index (χ0v) is 23.3. The smallest absolute Gasteiger partial charge is 0.145 e. The van der Waals surface area contributed by atoms with Gasteiger partial charge in [-0.15, -0.1) is 0 Å². The van der Waals surface area contributed by atoms with Gasteiger partial charge in [0, 0.05) is 12.0 Å². The first kappa shape index (κ1) is 29.0. The molecular formula is C31H52O3. The number of hydrogen-bond acceptors (Lipinski definition) is 3. The van der Waals surface area contributed by atoms with E-state index in [1.807, 2.05) is 13.8 Å². The minimum absolute atomic E-state index is 0.125. The van der Waals surface area contributed by atoms with Crippen molar-refractivity contribution in [3.8, 4) is 0 Å². The monoisotopic (exact) mass is 472 g/mol. The van der Waals surface area contributed by atoms with Gasteiger partial charge in [-0.2, -0.15) is 0 Å². The van der Waals surface area contributed by atoms with Gasteiger partial charge in [0.05, 0.1) is 5.60 Å². The Kier molecular flexibility index (Phi) is 9.99. The molecule has 1 fully saturated rings. The Morgan fingerprint density at radius 2 is 1.82 bits per heavy atom. The van der Waals surface area contributed by atoms with E-state index in [4.69, 9.17) is 0 Å². The van der Waals surface area contributed by atoms with Crippen LogP contribution in [0.15, 0.2) is 34.4 Å². The van der Waals surface area contributed by atoms with Crippen LogP contribution in [0.1, 0.15) is 113 Å². The molecule has 34 heavy (non-hydrogen) atoms. The maximum atomic E-state index is 11.6. The Balaban J connectivity index is 2.14. The van der Waals surface area contributed by atoms with Gasteiger partial charge in [-0.3, -0.25) is 4.79 Å². The number of aldehydes is 1. The van der Waals surface area contributed by atoms with E-state index in [1.165, 1.54) is 24.0 Å². The van der Waals surface area contributed by atoms with Crippen LogP contribution >= 0.6 is 0 Å². The topological polar surface area (TPSA) is 57.5 Å². The van der Waals surface area contributed by atoms with Gasteiger partial charge in [0.2, 0.25) is 0 Å². The van der Waals surface area contributed by atoms with Crippen LogP contribution in [0.3, 0.4) is 0 Å². The van der Waals surface area contributed by atoms with Gasteiger partial charge in [-0.1, -0.05) is 56.6 Å². The summed E-state index contributed by atoms with van der Waals surface area (Å²) >= 11 is 0. The largest absolute Gasteiger partial charge is 0.396 e. The number of aliphatic hydroxyl groups is 2. The van der Waals surface area contributed by atoms with Crippen molar-refractivity contribution in [1.29, 1.82) is 0 Å². The van der Waals surface area contributed by atoms with Crippen LogP contribution in [-0.4, -0.2) is 28.7 Å². The molecule has 0 unspecified atom stereocenters. The molecule has 194 valence electrons. The molecule has 0 aromatic carbocycles. The summed E-state index contributed by atoms with van der Waals surface area (Å²) in [5.41, 5.74) is 4.22. The third-order valence-electron chi connectivity index (χ3n) is 10.1. The van der Waals surface area contributed by atoms with Crippen molar-refractivity contribution in [3.05, 3.63) is 34.4 Å². The molecule has 0 aliphatic heterocycles. The third kappa shape index (κ3) is 6.13. The van der Waals surface area contributed by atoms with Crippen LogP contribution in [0.25, 0.3) is 0 Å². The van der Waals surface area contributed by atoms with Crippen molar-refractivity contribution in [1.82, 2.24) is 0 Å². The fraction of sp³-hybridized carbons (Fsp3) is 0.774. The van der Waals surface area contributed by atoms with Gasteiger partial charge < -0.3 is 10.2 Å². The van der Waals surface area contributed by atoms with Gasteiger partial charge in [0.1, 0.15) is 6.29 Å². The van der Waals surface area contributed by atoms with Gasteiger partial charge in [0.25, 0.3) is 0 Å². The average molecular weight is 473 g/mol. The van der Waals surface area contributed by atoms with Crippen molar-refractivity contribution in [3.63, 3.8) is 0 Å². The lowest BCUT2D eigenvalue weighted by Gasteiger charge is -2.53. The van der Waals surface area contributed by atoms with E-state index < -0.39 is 5.60 Å². The predicted octanol–water partition coefficient (Wildman–Crippen LogP) is 7.58. The summed E-state index contributed by atoms with van der Waals surface area (Å²) in [6, 6.07) is 0. The average Bonchev–Trinajstić information content (AvgIpc) is 2.77. The standard InChI is InChI=1S/C31H52O3/c1-22(13-16-27-23(2)14-15-25(4)29(27,5)6)11-9-18-30(7)28(12-10-20-32)26(24(3)21-33)17-19-31(30,8)34/h11,14,21,25,27-28,32,34H,9-10,12-13,15-20H2,1-8H3/b22-11+,26-24+/t25-,27+,28+,30-,31-/m0/s1. The van der Waals surface area contributed by atoms with E-state index in [2.05, 4.69) is 53.7 Å². The number of hydrogen-bond donors (Lipinski definition) is 2. The Morgan fingerprint density at radius 1 is 1.15 bits per heavy atom. The Bertz CT molecular complexity index is 797.